The highest BCUT2D eigenvalue weighted by atomic mass is 35.5. The van der Waals surface area contributed by atoms with E-state index in [2.05, 4.69) is 5.32 Å². The zero-order valence-electron chi connectivity index (χ0n) is 13.5. The lowest BCUT2D eigenvalue weighted by Crippen LogP contribution is -2.44. The highest BCUT2D eigenvalue weighted by Crippen LogP contribution is 2.26. The number of hydrogen-bond donors (Lipinski definition) is 1. The average Bonchev–Trinajstić information content (AvgIpc) is 2.68. The van der Waals surface area contributed by atoms with Crippen molar-refractivity contribution >= 4 is 29.4 Å². The highest BCUT2D eigenvalue weighted by Gasteiger charge is 2.45. The van der Waals surface area contributed by atoms with Crippen LogP contribution in [-0.4, -0.2) is 52.9 Å². The number of ether oxygens (including phenoxy) is 1. The van der Waals surface area contributed by atoms with Gasteiger partial charge in [0, 0.05) is 17.1 Å². The molecule has 0 radical (unpaired) electrons. The lowest BCUT2D eigenvalue weighted by atomic mass is 10.1. The van der Waals surface area contributed by atoms with Crippen molar-refractivity contribution in [2.75, 3.05) is 19.7 Å². The second-order valence-corrected chi connectivity index (χ2v) is 6.80. The van der Waals surface area contributed by atoms with E-state index in [0.29, 0.717) is 30.5 Å². The SMILES string of the molecule is CC1(C)NC(=O)N(CC(=O)N2CCOc3ccc(Cl)cc3C2)C1=O. The number of amides is 4. The van der Waals surface area contributed by atoms with E-state index in [9.17, 15) is 14.4 Å². The fourth-order valence-corrected chi connectivity index (χ4v) is 2.97. The smallest absolute Gasteiger partial charge is 0.325 e. The number of halogens is 1. The first-order valence-electron chi connectivity index (χ1n) is 7.61. The van der Waals surface area contributed by atoms with E-state index in [0.717, 1.165) is 10.5 Å². The second-order valence-electron chi connectivity index (χ2n) is 6.36. The molecule has 2 aliphatic rings. The van der Waals surface area contributed by atoms with Crippen LogP contribution in [0.3, 0.4) is 0 Å². The van der Waals surface area contributed by atoms with E-state index < -0.39 is 17.5 Å². The first-order chi connectivity index (χ1) is 11.3. The van der Waals surface area contributed by atoms with Crippen LogP contribution in [0.25, 0.3) is 0 Å². The van der Waals surface area contributed by atoms with Gasteiger partial charge in [-0.15, -0.1) is 0 Å². The number of imide groups is 1. The first-order valence-corrected chi connectivity index (χ1v) is 7.99. The van der Waals surface area contributed by atoms with Gasteiger partial charge in [-0.1, -0.05) is 11.6 Å². The first kappa shape index (κ1) is 16.6. The molecule has 0 aromatic heterocycles. The Morgan fingerprint density at radius 1 is 1.38 bits per heavy atom. The molecule has 4 amide bonds. The summed E-state index contributed by atoms with van der Waals surface area (Å²) in [7, 11) is 0. The Kier molecular flexibility index (Phi) is 4.13. The molecule has 0 aliphatic carbocycles. The molecule has 2 aliphatic heterocycles. The van der Waals surface area contributed by atoms with Crippen LogP contribution in [0.15, 0.2) is 18.2 Å². The molecule has 1 aromatic rings. The predicted octanol–water partition coefficient (Wildman–Crippen LogP) is 1.39. The molecule has 1 fully saturated rings. The Morgan fingerprint density at radius 2 is 2.12 bits per heavy atom. The van der Waals surface area contributed by atoms with Crippen molar-refractivity contribution in [1.82, 2.24) is 15.1 Å². The summed E-state index contributed by atoms with van der Waals surface area (Å²) < 4.78 is 5.62. The molecule has 0 unspecified atom stereocenters. The third-order valence-electron chi connectivity index (χ3n) is 4.09. The quantitative estimate of drug-likeness (QED) is 0.817. The van der Waals surface area contributed by atoms with Crippen LogP contribution >= 0.6 is 11.6 Å². The number of nitrogens with zero attached hydrogens (tertiary/aromatic N) is 2. The summed E-state index contributed by atoms with van der Waals surface area (Å²) in [5.74, 6) is -0.0335. The Bertz CT molecular complexity index is 719. The van der Waals surface area contributed by atoms with Crippen molar-refractivity contribution in [3.63, 3.8) is 0 Å². The zero-order valence-corrected chi connectivity index (χ0v) is 14.2. The van der Waals surface area contributed by atoms with Crippen LogP contribution in [0.4, 0.5) is 4.79 Å². The van der Waals surface area contributed by atoms with Crippen molar-refractivity contribution < 1.29 is 19.1 Å². The number of rotatable bonds is 2. The van der Waals surface area contributed by atoms with Crippen molar-refractivity contribution in [2.45, 2.75) is 25.9 Å². The zero-order chi connectivity index (χ0) is 17.5. The number of hydrogen-bond acceptors (Lipinski definition) is 4. The molecular formula is C16H18ClN3O4. The van der Waals surface area contributed by atoms with Crippen LogP contribution in [0.1, 0.15) is 19.4 Å². The number of nitrogens with one attached hydrogen (secondary N) is 1. The van der Waals surface area contributed by atoms with Crippen LogP contribution in [0.5, 0.6) is 5.75 Å². The monoisotopic (exact) mass is 351 g/mol. The van der Waals surface area contributed by atoms with Gasteiger partial charge in [0.05, 0.1) is 6.54 Å². The molecule has 24 heavy (non-hydrogen) atoms. The van der Waals surface area contributed by atoms with Crippen LogP contribution < -0.4 is 10.1 Å². The Morgan fingerprint density at radius 3 is 2.79 bits per heavy atom. The topological polar surface area (TPSA) is 79.0 Å². The third kappa shape index (κ3) is 3.03. The molecule has 0 atom stereocenters. The number of fused-ring (bicyclic) bond motifs is 1. The lowest BCUT2D eigenvalue weighted by Gasteiger charge is -2.22. The van der Waals surface area contributed by atoms with Gasteiger partial charge in [-0.25, -0.2) is 4.79 Å². The van der Waals surface area contributed by atoms with E-state index in [1.54, 1.807) is 36.9 Å². The van der Waals surface area contributed by atoms with Gasteiger partial charge in [-0.3, -0.25) is 14.5 Å². The summed E-state index contributed by atoms with van der Waals surface area (Å²) in [6.07, 6.45) is 0. The Hall–Kier alpha value is -2.28. The molecule has 0 bridgehead atoms. The van der Waals surface area contributed by atoms with Crippen LogP contribution in [0, 0.1) is 0 Å². The predicted molar refractivity (Wildman–Crippen MR) is 86.7 cm³/mol. The fraction of sp³-hybridized carbons (Fsp3) is 0.438. The number of urea groups is 1. The lowest BCUT2D eigenvalue weighted by molar-refractivity contribution is -0.138. The largest absolute Gasteiger partial charge is 0.491 e. The molecule has 0 spiro atoms. The normalized spacial score (nSPS) is 19.5. The van der Waals surface area contributed by atoms with Gasteiger partial charge in [-0.05, 0) is 32.0 Å². The summed E-state index contributed by atoms with van der Waals surface area (Å²) in [6, 6.07) is 4.70. The van der Waals surface area contributed by atoms with Gasteiger partial charge in [-0.2, -0.15) is 0 Å². The number of carbonyl (C=O) groups is 3. The minimum absolute atomic E-state index is 0.288. The van der Waals surface area contributed by atoms with E-state index in [1.807, 2.05) is 0 Å². The molecule has 3 rings (SSSR count). The molecular weight excluding hydrogens is 334 g/mol. The number of carbonyl (C=O) groups excluding carboxylic acids is 3. The van der Waals surface area contributed by atoms with E-state index in [4.69, 9.17) is 16.3 Å². The van der Waals surface area contributed by atoms with Crippen molar-refractivity contribution in [2.24, 2.45) is 0 Å². The number of benzene rings is 1. The molecule has 2 heterocycles. The van der Waals surface area contributed by atoms with Crippen molar-refractivity contribution in [3.05, 3.63) is 28.8 Å². The minimum Gasteiger partial charge on any atom is -0.491 e. The molecule has 1 N–H and O–H groups in total. The average molecular weight is 352 g/mol. The van der Waals surface area contributed by atoms with Crippen molar-refractivity contribution in [1.29, 1.82) is 0 Å². The Labute approximate surface area is 144 Å². The van der Waals surface area contributed by atoms with Crippen LogP contribution in [0.2, 0.25) is 5.02 Å². The minimum atomic E-state index is -0.987. The molecule has 8 heteroatoms. The molecule has 128 valence electrons. The van der Waals surface area contributed by atoms with Gasteiger partial charge in [0.15, 0.2) is 0 Å². The fourth-order valence-electron chi connectivity index (χ4n) is 2.77. The van der Waals surface area contributed by atoms with E-state index in [-0.39, 0.29) is 12.5 Å². The summed E-state index contributed by atoms with van der Waals surface area (Å²) in [6.45, 7) is 3.96. The molecule has 1 saturated heterocycles. The summed E-state index contributed by atoms with van der Waals surface area (Å²) in [5, 5.41) is 3.12. The summed E-state index contributed by atoms with van der Waals surface area (Å²) in [5.41, 5.74) is -0.190. The second kappa shape index (κ2) is 5.98. The maximum atomic E-state index is 12.6. The molecule has 0 saturated carbocycles. The maximum absolute atomic E-state index is 12.6. The van der Waals surface area contributed by atoms with E-state index >= 15 is 0 Å². The molecule has 1 aromatic carbocycles. The van der Waals surface area contributed by atoms with Gasteiger partial charge in [0.25, 0.3) is 5.91 Å². The highest BCUT2D eigenvalue weighted by molar-refractivity contribution is 6.30. The summed E-state index contributed by atoms with van der Waals surface area (Å²) in [4.78, 5) is 39.2. The maximum Gasteiger partial charge on any atom is 0.325 e. The van der Waals surface area contributed by atoms with Gasteiger partial charge >= 0.3 is 6.03 Å². The third-order valence-corrected chi connectivity index (χ3v) is 4.33. The standard InChI is InChI=1S/C16H18ClN3O4/c1-16(2)14(22)20(15(23)18-16)9-13(21)19-5-6-24-12-4-3-11(17)7-10(12)8-19/h3-4,7H,5-6,8-9H2,1-2H3,(H,18,23). The molecule has 7 nitrogen and oxygen atoms in total. The van der Waals surface area contributed by atoms with Gasteiger partial charge < -0.3 is 15.0 Å². The van der Waals surface area contributed by atoms with Crippen molar-refractivity contribution in [3.8, 4) is 5.75 Å². The van der Waals surface area contributed by atoms with Gasteiger partial charge in [0.2, 0.25) is 5.91 Å². The summed E-state index contributed by atoms with van der Waals surface area (Å²) >= 11 is 6.00. The van der Waals surface area contributed by atoms with Gasteiger partial charge in [0.1, 0.15) is 24.4 Å². The van der Waals surface area contributed by atoms with E-state index in [1.165, 1.54) is 0 Å². The Balaban J connectivity index is 1.74. The van der Waals surface area contributed by atoms with Crippen LogP contribution in [-0.2, 0) is 16.1 Å².